The van der Waals surface area contributed by atoms with Gasteiger partial charge in [0.05, 0.1) is 11.3 Å². The summed E-state index contributed by atoms with van der Waals surface area (Å²) in [4.78, 5) is 22.9. The van der Waals surface area contributed by atoms with Crippen LogP contribution in [0, 0.1) is 12.8 Å². The smallest absolute Gasteiger partial charge is 0.256 e. The maximum Gasteiger partial charge on any atom is 0.256 e. The summed E-state index contributed by atoms with van der Waals surface area (Å²) in [5, 5.41) is 0. The highest BCUT2D eigenvalue weighted by Crippen LogP contribution is 2.31. The van der Waals surface area contributed by atoms with Crippen LogP contribution in [0.5, 0.6) is 0 Å². The number of benzene rings is 1. The fourth-order valence-corrected chi connectivity index (χ4v) is 4.81. The van der Waals surface area contributed by atoms with Gasteiger partial charge in [0.2, 0.25) is 0 Å². The molecule has 2 aliphatic heterocycles. The summed E-state index contributed by atoms with van der Waals surface area (Å²) in [6.07, 6.45) is 3.11. The summed E-state index contributed by atoms with van der Waals surface area (Å²) >= 11 is 0. The topological polar surface area (TPSA) is 36.4 Å². The Morgan fingerprint density at radius 3 is 2.52 bits per heavy atom. The molecule has 0 unspecified atom stereocenters. The van der Waals surface area contributed by atoms with Crippen molar-refractivity contribution in [1.29, 1.82) is 0 Å². The molecule has 2 aliphatic rings. The fraction of sp³-hybridized carbons (Fsp3) is 0.520. The first-order valence-electron chi connectivity index (χ1n) is 11.1. The van der Waals surface area contributed by atoms with Gasteiger partial charge in [0.1, 0.15) is 0 Å². The zero-order valence-electron chi connectivity index (χ0n) is 18.0. The molecule has 0 spiro atoms. The van der Waals surface area contributed by atoms with E-state index in [1.807, 2.05) is 24.0 Å². The lowest BCUT2D eigenvalue weighted by Gasteiger charge is -2.34. The molecule has 4 nitrogen and oxygen atoms in total. The van der Waals surface area contributed by atoms with Crippen molar-refractivity contribution in [2.75, 3.05) is 26.2 Å². The summed E-state index contributed by atoms with van der Waals surface area (Å²) < 4.78 is 0. The van der Waals surface area contributed by atoms with Crippen molar-refractivity contribution in [3.05, 3.63) is 64.5 Å². The highest BCUT2D eigenvalue weighted by Gasteiger charge is 2.29. The third-order valence-electron chi connectivity index (χ3n) is 6.31. The molecule has 0 N–H and O–H groups in total. The lowest BCUT2D eigenvalue weighted by Crippen LogP contribution is -2.38. The van der Waals surface area contributed by atoms with E-state index in [-0.39, 0.29) is 5.91 Å². The van der Waals surface area contributed by atoms with Crippen LogP contribution >= 0.6 is 0 Å². The van der Waals surface area contributed by atoms with Gasteiger partial charge in [0, 0.05) is 31.2 Å². The number of aryl methyl sites for hydroxylation is 1. The molecule has 1 fully saturated rings. The fourth-order valence-electron chi connectivity index (χ4n) is 4.81. The Morgan fingerprint density at radius 2 is 1.79 bits per heavy atom. The van der Waals surface area contributed by atoms with Crippen LogP contribution in [0.2, 0.25) is 0 Å². The minimum atomic E-state index is 0.145. The molecule has 2 aromatic rings. The number of nitrogens with zero attached hydrogens (tertiary/aromatic N) is 3. The van der Waals surface area contributed by atoms with Crippen molar-refractivity contribution in [2.24, 2.45) is 5.92 Å². The summed E-state index contributed by atoms with van der Waals surface area (Å²) in [6.45, 7) is 11.4. The zero-order chi connectivity index (χ0) is 20.4. The SMILES string of the molecule is Cc1ccc(C(=O)N2CCc3ccccc3C2)c(C2CCN(CC(C)C)CC2)n1. The Labute approximate surface area is 174 Å². The molecule has 0 aliphatic carbocycles. The second-order valence-electron chi connectivity index (χ2n) is 9.10. The third-order valence-corrected chi connectivity index (χ3v) is 6.31. The molecule has 1 saturated heterocycles. The van der Waals surface area contributed by atoms with Crippen molar-refractivity contribution >= 4 is 5.91 Å². The Balaban J connectivity index is 1.52. The first-order chi connectivity index (χ1) is 14.0. The maximum atomic E-state index is 13.5. The van der Waals surface area contributed by atoms with Crippen LogP contribution in [-0.2, 0) is 13.0 Å². The average molecular weight is 392 g/mol. The summed E-state index contributed by atoms with van der Waals surface area (Å²) in [6, 6.07) is 12.5. The van der Waals surface area contributed by atoms with Crippen LogP contribution in [0.4, 0.5) is 0 Å². The van der Waals surface area contributed by atoms with Crippen molar-refractivity contribution in [3.8, 4) is 0 Å². The van der Waals surface area contributed by atoms with E-state index < -0.39 is 0 Å². The molecule has 4 heteroatoms. The van der Waals surface area contributed by atoms with Gasteiger partial charge >= 0.3 is 0 Å². The standard InChI is InChI=1S/C25H33N3O/c1-18(2)16-27-13-10-21(11-14-27)24-23(9-8-19(3)26-24)25(29)28-15-12-20-6-4-5-7-22(20)17-28/h4-9,18,21H,10-17H2,1-3H3. The number of carbonyl (C=O) groups is 1. The van der Waals surface area contributed by atoms with E-state index in [9.17, 15) is 4.79 Å². The highest BCUT2D eigenvalue weighted by atomic mass is 16.2. The Hall–Kier alpha value is -2.20. The largest absolute Gasteiger partial charge is 0.334 e. The lowest BCUT2D eigenvalue weighted by atomic mass is 9.89. The molecule has 4 rings (SSSR count). The van der Waals surface area contributed by atoms with Crippen LogP contribution < -0.4 is 0 Å². The van der Waals surface area contributed by atoms with Gasteiger partial charge in [0.15, 0.2) is 0 Å². The van der Waals surface area contributed by atoms with Gasteiger partial charge in [-0.1, -0.05) is 38.1 Å². The van der Waals surface area contributed by atoms with Crippen LogP contribution in [-0.4, -0.2) is 46.9 Å². The van der Waals surface area contributed by atoms with Crippen molar-refractivity contribution in [1.82, 2.24) is 14.8 Å². The highest BCUT2D eigenvalue weighted by molar-refractivity contribution is 5.95. The minimum absolute atomic E-state index is 0.145. The summed E-state index contributed by atoms with van der Waals surface area (Å²) in [5.74, 6) is 1.23. The van der Waals surface area contributed by atoms with E-state index in [0.29, 0.717) is 18.4 Å². The number of pyridine rings is 1. The van der Waals surface area contributed by atoms with Gasteiger partial charge in [-0.25, -0.2) is 0 Å². The van der Waals surface area contributed by atoms with Gasteiger partial charge in [-0.05, 0) is 68.5 Å². The predicted molar refractivity (Wildman–Crippen MR) is 117 cm³/mol. The number of likely N-dealkylation sites (tertiary alicyclic amines) is 1. The first-order valence-corrected chi connectivity index (χ1v) is 11.1. The van der Waals surface area contributed by atoms with E-state index in [2.05, 4.69) is 43.0 Å². The average Bonchev–Trinajstić information content (AvgIpc) is 2.73. The molecule has 0 saturated carbocycles. The number of carbonyl (C=O) groups excluding carboxylic acids is 1. The van der Waals surface area contributed by atoms with Crippen molar-refractivity contribution in [2.45, 2.75) is 52.5 Å². The van der Waals surface area contributed by atoms with Crippen LogP contribution in [0.15, 0.2) is 36.4 Å². The normalized spacial score (nSPS) is 18.1. The Morgan fingerprint density at radius 1 is 1.07 bits per heavy atom. The van der Waals surface area contributed by atoms with Crippen LogP contribution in [0.1, 0.15) is 65.5 Å². The monoisotopic (exact) mass is 391 g/mol. The Kier molecular flexibility index (Phi) is 6.00. The van der Waals surface area contributed by atoms with Crippen molar-refractivity contribution < 1.29 is 4.79 Å². The number of aromatic nitrogens is 1. The number of piperidine rings is 1. The number of amides is 1. The molecule has 1 amide bonds. The van der Waals surface area contributed by atoms with Gasteiger partial charge < -0.3 is 9.80 Å². The van der Waals surface area contributed by atoms with Gasteiger partial charge in [-0.15, -0.1) is 0 Å². The molecular formula is C25H33N3O. The van der Waals surface area contributed by atoms with E-state index in [1.54, 1.807) is 0 Å². The van der Waals surface area contributed by atoms with Crippen molar-refractivity contribution in [3.63, 3.8) is 0 Å². The van der Waals surface area contributed by atoms with Gasteiger partial charge in [-0.2, -0.15) is 0 Å². The molecule has 154 valence electrons. The lowest BCUT2D eigenvalue weighted by molar-refractivity contribution is 0.0731. The molecule has 1 aromatic heterocycles. The van der Waals surface area contributed by atoms with Gasteiger partial charge in [-0.3, -0.25) is 9.78 Å². The molecule has 29 heavy (non-hydrogen) atoms. The first kappa shape index (κ1) is 20.1. The molecule has 0 bridgehead atoms. The number of hydrogen-bond donors (Lipinski definition) is 0. The third kappa shape index (κ3) is 4.53. The quantitative estimate of drug-likeness (QED) is 0.774. The van der Waals surface area contributed by atoms with Crippen LogP contribution in [0.3, 0.4) is 0 Å². The second-order valence-corrected chi connectivity index (χ2v) is 9.10. The van der Waals surface area contributed by atoms with E-state index in [4.69, 9.17) is 4.98 Å². The van der Waals surface area contributed by atoms with Gasteiger partial charge in [0.25, 0.3) is 5.91 Å². The summed E-state index contributed by atoms with van der Waals surface area (Å²) in [7, 11) is 0. The van der Waals surface area contributed by atoms with E-state index >= 15 is 0 Å². The molecule has 3 heterocycles. The molecular weight excluding hydrogens is 358 g/mol. The summed E-state index contributed by atoms with van der Waals surface area (Å²) in [5.41, 5.74) is 5.49. The van der Waals surface area contributed by atoms with E-state index in [1.165, 1.54) is 11.1 Å². The molecule has 1 aromatic carbocycles. The Bertz CT molecular complexity index is 868. The predicted octanol–water partition coefficient (Wildman–Crippen LogP) is 4.42. The molecule has 0 radical (unpaired) electrons. The second kappa shape index (κ2) is 8.66. The number of rotatable bonds is 4. The molecule has 0 atom stereocenters. The zero-order valence-corrected chi connectivity index (χ0v) is 18.0. The minimum Gasteiger partial charge on any atom is -0.334 e. The number of hydrogen-bond acceptors (Lipinski definition) is 3. The van der Waals surface area contributed by atoms with E-state index in [0.717, 1.165) is 62.4 Å². The maximum absolute atomic E-state index is 13.5. The van der Waals surface area contributed by atoms with Crippen LogP contribution in [0.25, 0.3) is 0 Å². The number of fused-ring (bicyclic) bond motifs is 1.